The van der Waals surface area contributed by atoms with Gasteiger partial charge in [0.25, 0.3) is 0 Å². The molecule has 0 spiro atoms. The number of hydrogen-bond acceptors (Lipinski definition) is 3. The van der Waals surface area contributed by atoms with Gasteiger partial charge in [0.05, 0.1) is 19.2 Å². The Balaban J connectivity index is 3.29. The van der Waals surface area contributed by atoms with Crippen LogP contribution in [0.4, 0.5) is 0 Å². The molecule has 0 aliphatic heterocycles. The molecule has 10 heavy (non-hydrogen) atoms. The van der Waals surface area contributed by atoms with Gasteiger partial charge in [0.15, 0.2) is 0 Å². The smallest absolute Gasteiger partial charge is 0.0861 e. The summed E-state index contributed by atoms with van der Waals surface area (Å²) in [7, 11) is 0. The zero-order valence-corrected chi connectivity index (χ0v) is 6.64. The molecule has 0 heterocycles. The van der Waals surface area contributed by atoms with Crippen LogP contribution in [0.1, 0.15) is 20.8 Å². The zero-order valence-electron chi connectivity index (χ0n) is 6.64. The Morgan fingerprint density at radius 2 is 2.00 bits per heavy atom. The fourth-order valence-electron chi connectivity index (χ4n) is 0.441. The highest BCUT2D eigenvalue weighted by molar-refractivity contribution is 5.65. The molecule has 0 aromatic rings. The standard InChI is InChI=1S/C7H14O3/c1-7(2,3)5-10-4-6(8)9/h4-5H2,1-3H3,(H,8,9)/p-1. The van der Waals surface area contributed by atoms with Gasteiger partial charge in [0.2, 0.25) is 0 Å². The van der Waals surface area contributed by atoms with Crippen LogP contribution in [-0.4, -0.2) is 19.2 Å². The Hall–Kier alpha value is -0.570. The van der Waals surface area contributed by atoms with Crippen molar-refractivity contribution in [3.05, 3.63) is 0 Å². The normalized spacial score (nSPS) is 11.5. The minimum Gasteiger partial charge on any atom is -0.548 e. The fraction of sp³-hybridized carbons (Fsp3) is 0.857. The average molecular weight is 145 g/mol. The molecular weight excluding hydrogens is 132 g/mol. The van der Waals surface area contributed by atoms with Gasteiger partial charge in [-0.15, -0.1) is 0 Å². The van der Waals surface area contributed by atoms with Gasteiger partial charge in [-0.25, -0.2) is 0 Å². The van der Waals surface area contributed by atoms with E-state index in [1.165, 1.54) is 0 Å². The van der Waals surface area contributed by atoms with Crippen LogP contribution in [-0.2, 0) is 9.53 Å². The topological polar surface area (TPSA) is 49.4 Å². The third-order valence-corrected chi connectivity index (χ3v) is 0.755. The molecule has 0 N–H and O–H groups in total. The minimum absolute atomic E-state index is 0.0233. The molecule has 0 bridgehead atoms. The summed E-state index contributed by atoms with van der Waals surface area (Å²) in [5.74, 6) is -1.16. The van der Waals surface area contributed by atoms with Gasteiger partial charge in [0, 0.05) is 0 Å². The largest absolute Gasteiger partial charge is 0.548 e. The SMILES string of the molecule is CC(C)(C)COCC(=O)[O-]. The third kappa shape index (κ3) is 7.43. The van der Waals surface area contributed by atoms with Crippen LogP contribution in [0.5, 0.6) is 0 Å². The van der Waals surface area contributed by atoms with Crippen molar-refractivity contribution in [2.75, 3.05) is 13.2 Å². The molecule has 0 amide bonds. The van der Waals surface area contributed by atoms with Crippen LogP contribution in [0.2, 0.25) is 0 Å². The van der Waals surface area contributed by atoms with E-state index in [0.717, 1.165) is 0 Å². The molecule has 60 valence electrons. The van der Waals surface area contributed by atoms with Crippen LogP contribution in [0, 0.1) is 5.41 Å². The first kappa shape index (κ1) is 9.43. The number of hydrogen-bond donors (Lipinski definition) is 0. The van der Waals surface area contributed by atoms with Gasteiger partial charge in [-0.3, -0.25) is 0 Å². The highest BCUT2D eigenvalue weighted by Crippen LogP contribution is 2.12. The molecule has 0 rings (SSSR count). The van der Waals surface area contributed by atoms with Crippen LogP contribution < -0.4 is 5.11 Å². The first-order valence-electron chi connectivity index (χ1n) is 3.19. The van der Waals surface area contributed by atoms with Gasteiger partial charge in [0.1, 0.15) is 0 Å². The van der Waals surface area contributed by atoms with Crippen LogP contribution in [0.3, 0.4) is 0 Å². The predicted molar refractivity (Wildman–Crippen MR) is 35.3 cm³/mol. The Morgan fingerprint density at radius 1 is 1.50 bits per heavy atom. The van der Waals surface area contributed by atoms with E-state index in [9.17, 15) is 9.90 Å². The lowest BCUT2D eigenvalue weighted by molar-refractivity contribution is -0.309. The molecule has 0 aliphatic rings. The second-order valence-electron chi connectivity index (χ2n) is 3.43. The van der Waals surface area contributed by atoms with E-state index >= 15 is 0 Å². The first-order valence-corrected chi connectivity index (χ1v) is 3.19. The molecule has 3 heteroatoms. The summed E-state index contributed by atoms with van der Waals surface area (Å²) in [4.78, 5) is 9.85. The molecule has 0 unspecified atom stereocenters. The quantitative estimate of drug-likeness (QED) is 0.552. The maximum absolute atomic E-state index is 9.85. The Bertz CT molecular complexity index is 113. The maximum Gasteiger partial charge on any atom is 0.0861 e. The van der Waals surface area contributed by atoms with Crippen molar-refractivity contribution in [2.24, 2.45) is 5.41 Å². The highest BCUT2D eigenvalue weighted by Gasteiger charge is 2.09. The Morgan fingerprint density at radius 3 is 2.30 bits per heavy atom. The second-order valence-corrected chi connectivity index (χ2v) is 3.43. The van der Waals surface area contributed by atoms with Crippen molar-refractivity contribution in [1.29, 1.82) is 0 Å². The molecule has 0 aromatic carbocycles. The summed E-state index contributed by atoms with van der Waals surface area (Å²) >= 11 is 0. The molecule has 0 saturated carbocycles. The van der Waals surface area contributed by atoms with Crippen molar-refractivity contribution >= 4 is 5.97 Å². The molecule has 0 radical (unpaired) electrons. The molecular formula is C7H13O3-. The monoisotopic (exact) mass is 145 g/mol. The molecule has 0 aromatic heterocycles. The van der Waals surface area contributed by atoms with E-state index in [1.54, 1.807) is 0 Å². The summed E-state index contributed by atoms with van der Waals surface area (Å²) in [6.45, 7) is 6.06. The van der Waals surface area contributed by atoms with E-state index < -0.39 is 5.97 Å². The van der Waals surface area contributed by atoms with E-state index in [0.29, 0.717) is 6.61 Å². The summed E-state index contributed by atoms with van der Waals surface area (Å²) in [5.41, 5.74) is 0.0233. The van der Waals surface area contributed by atoms with Crippen molar-refractivity contribution in [2.45, 2.75) is 20.8 Å². The summed E-state index contributed by atoms with van der Waals surface area (Å²) in [6, 6.07) is 0. The van der Waals surface area contributed by atoms with Gasteiger partial charge in [-0.2, -0.15) is 0 Å². The number of rotatable bonds is 3. The number of ether oxygens (including phenoxy) is 1. The first-order chi connectivity index (χ1) is 4.42. The number of carbonyl (C=O) groups excluding carboxylic acids is 1. The predicted octanol–water partition coefficient (Wildman–Crippen LogP) is -0.201. The van der Waals surface area contributed by atoms with Gasteiger partial charge < -0.3 is 14.6 Å². The fourth-order valence-corrected chi connectivity index (χ4v) is 0.441. The van der Waals surface area contributed by atoms with Gasteiger partial charge in [-0.1, -0.05) is 20.8 Å². The number of carbonyl (C=O) groups is 1. The van der Waals surface area contributed by atoms with Crippen LogP contribution in [0.25, 0.3) is 0 Å². The minimum atomic E-state index is -1.16. The van der Waals surface area contributed by atoms with Crippen molar-refractivity contribution in [3.8, 4) is 0 Å². The van der Waals surface area contributed by atoms with Crippen LogP contribution >= 0.6 is 0 Å². The molecule has 0 atom stereocenters. The van der Waals surface area contributed by atoms with E-state index in [-0.39, 0.29) is 12.0 Å². The van der Waals surface area contributed by atoms with Crippen molar-refractivity contribution < 1.29 is 14.6 Å². The van der Waals surface area contributed by atoms with Gasteiger partial charge >= 0.3 is 0 Å². The highest BCUT2D eigenvalue weighted by atomic mass is 16.5. The van der Waals surface area contributed by atoms with Gasteiger partial charge in [-0.05, 0) is 5.41 Å². The number of aliphatic carboxylic acids is 1. The summed E-state index contributed by atoms with van der Waals surface area (Å²) < 4.78 is 4.80. The summed E-state index contributed by atoms with van der Waals surface area (Å²) in [6.07, 6.45) is 0. The Labute approximate surface area is 61.0 Å². The molecule has 0 saturated heterocycles. The van der Waals surface area contributed by atoms with E-state index in [1.807, 2.05) is 20.8 Å². The average Bonchev–Trinajstić information content (AvgIpc) is 1.59. The lowest BCUT2D eigenvalue weighted by atomic mass is 9.99. The second kappa shape index (κ2) is 3.56. The van der Waals surface area contributed by atoms with Crippen molar-refractivity contribution in [3.63, 3.8) is 0 Å². The Kier molecular flexibility index (Phi) is 3.36. The third-order valence-electron chi connectivity index (χ3n) is 0.755. The summed E-state index contributed by atoms with van der Waals surface area (Å²) in [5, 5.41) is 9.85. The number of carboxylic acids is 1. The lowest BCUT2D eigenvalue weighted by Crippen LogP contribution is -2.29. The molecule has 3 nitrogen and oxygen atoms in total. The van der Waals surface area contributed by atoms with Crippen LogP contribution in [0.15, 0.2) is 0 Å². The molecule has 0 aliphatic carbocycles. The maximum atomic E-state index is 9.85. The zero-order chi connectivity index (χ0) is 8.20. The lowest BCUT2D eigenvalue weighted by Gasteiger charge is -2.17. The van der Waals surface area contributed by atoms with E-state index in [4.69, 9.17) is 4.74 Å². The van der Waals surface area contributed by atoms with Crippen molar-refractivity contribution in [1.82, 2.24) is 0 Å². The molecule has 0 fully saturated rings. The van der Waals surface area contributed by atoms with E-state index in [2.05, 4.69) is 0 Å². The number of carboxylic acid groups (broad SMARTS) is 1.